The number of anilines is 1. The third kappa shape index (κ3) is 2.85. The van der Waals surface area contributed by atoms with Crippen molar-refractivity contribution in [3.8, 4) is 0 Å². The lowest BCUT2D eigenvalue weighted by Gasteiger charge is -2.24. The van der Waals surface area contributed by atoms with E-state index in [1.807, 2.05) is 6.92 Å². The first-order valence-electron chi connectivity index (χ1n) is 5.86. The van der Waals surface area contributed by atoms with Gasteiger partial charge in [0.05, 0.1) is 0 Å². The topological polar surface area (TPSA) is 29.0 Å². The van der Waals surface area contributed by atoms with E-state index in [9.17, 15) is 0 Å². The molecular weight excluding hydrogens is 222 g/mol. The van der Waals surface area contributed by atoms with Gasteiger partial charge in [-0.2, -0.15) is 0 Å². The fourth-order valence-electron chi connectivity index (χ4n) is 1.73. The average Bonchev–Trinajstić information content (AvgIpc) is 2.26. The summed E-state index contributed by atoms with van der Waals surface area (Å²) in [5.41, 5.74) is 2.17. The molecule has 0 unspecified atom stereocenters. The lowest BCUT2D eigenvalue weighted by Crippen LogP contribution is -2.27. The van der Waals surface area contributed by atoms with Crippen LogP contribution in [0.25, 0.3) is 0 Å². The van der Waals surface area contributed by atoms with Crippen LogP contribution in [-0.2, 0) is 0 Å². The number of hydrogen-bond acceptors (Lipinski definition) is 3. The summed E-state index contributed by atoms with van der Waals surface area (Å²) in [5.74, 6) is 0.977. The number of rotatable bonds is 5. The minimum Gasteiger partial charge on any atom is -0.355 e. The predicted molar refractivity (Wildman–Crippen MR) is 69.3 cm³/mol. The molecule has 4 heteroatoms. The molecule has 90 valence electrons. The molecule has 16 heavy (non-hydrogen) atoms. The van der Waals surface area contributed by atoms with Gasteiger partial charge in [0.1, 0.15) is 0 Å². The van der Waals surface area contributed by atoms with Gasteiger partial charge in [0.25, 0.3) is 0 Å². The Morgan fingerprint density at radius 2 is 1.56 bits per heavy atom. The Hall–Kier alpha value is -0.830. The second kappa shape index (κ2) is 6.04. The molecule has 0 radical (unpaired) electrons. The monoisotopic (exact) mass is 241 g/mol. The third-order valence-electron chi connectivity index (χ3n) is 2.73. The summed E-state index contributed by atoms with van der Waals surface area (Å²) in [6.45, 7) is 10.4. The van der Waals surface area contributed by atoms with E-state index in [1.165, 1.54) is 0 Å². The van der Waals surface area contributed by atoms with Crippen molar-refractivity contribution < 1.29 is 0 Å². The molecule has 0 aromatic carbocycles. The van der Waals surface area contributed by atoms with Crippen molar-refractivity contribution >= 4 is 17.4 Å². The van der Waals surface area contributed by atoms with Gasteiger partial charge in [-0.3, -0.25) is 0 Å². The summed E-state index contributed by atoms with van der Waals surface area (Å²) in [4.78, 5) is 2.28. The van der Waals surface area contributed by atoms with Crippen molar-refractivity contribution in [2.45, 2.75) is 40.5 Å². The van der Waals surface area contributed by atoms with Crippen LogP contribution in [0.1, 0.15) is 37.8 Å². The normalized spacial score (nSPS) is 10.6. The second-order valence-electron chi connectivity index (χ2n) is 4.05. The lowest BCUT2D eigenvalue weighted by atomic mass is 10.2. The van der Waals surface area contributed by atoms with Gasteiger partial charge >= 0.3 is 0 Å². The number of nitrogens with zero attached hydrogens (tertiary/aromatic N) is 3. The van der Waals surface area contributed by atoms with Crippen LogP contribution in [0.2, 0.25) is 5.15 Å². The molecule has 3 nitrogen and oxygen atoms in total. The van der Waals surface area contributed by atoms with Gasteiger partial charge in [-0.25, -0.2) is 0 Å². The molecule has 0 aliphatic rings. The van der Waals surface area contributed by atoms with Gasteiger partial charge in [-0.15, -0.1) is 10.2 Å². The summed E-state index contributed by atoms with van der Waals surface area (Å²) in [5, 5.41) is 8.73. The molecule has 1 rings (SSSR count). The molecule has 0 saturated carbocycles. The minimum absolute atomic E-state index is 0.509. The molecule has 0 aliphatic carbocycles. The van der Waals surface area contributed by atoms with Crippen LogP contribution >= 0.6 is 11.6 Å². The van der Waals surface area contributed by atoms with Crippen LogP contribution in [0.4, 0.5) is 5.82 Å². The molecule has 1 heterocycles. The van der Waals surface area contributed by atoms with Gasteiger partial charge in [0.15, 0.2) is 11.0 Å². The van der Waals surface area contributed by atoms with E-state index in [4.69, 9.17) is 11.6 Å². The first kappa shape index (κ1) is 13.2. The molecule has 0 spiro atoms. The molecule has 0 fully saturated rings. The quantitative estimate of drug-likeness (QED) is 0.792. The first-order chi connectivity index (χ1) is 7.61. The highest BCUT2D eigenvalue weighted by Crippen LogP contribution is 2.23. The standard InChI is InChI=1S/C12H20ClN3/c1-5-7-16(8-6-2)12-10(4)9(3)11(13)14-15-12/h5-8H2,1-4H3. The van der Waals surface area contributed by atoms with Gasteiger partial charge in [0.2, 0.25) is 0 Å². The Bertz CT molecular complexity index is 346. The van der Waals surface area contributed by atoms with Crippen molar-refractivity contribution in [2.75, 3.05) is 18.0 Å². The van der Waals surface area contributed by atoms with Gasteiger partial charge in [0, 0.05) is 13.1 Å². The van der Waals surface area contributed by atoms with E-state index < -0.39 is 0 Å². The smallest absolute Gasteiger partial charge is 0.155 e. The van der Waals surface area contributed by atoms with E-state index in [2.05, 4.69) is 35.9 Å². The molecule has 0 aliphatic heterocycles. The van der Waals surface area contributed by atoms with Gasteiger partial charge in [-0.05, 0) is 37.8 Å². The molecular formula is C12H20ClN3. The van der Waals surface area contributed by atoms with Crippen molar-refractivity contribution in [2.24, 2.45) is 0 Å². The number of aromatic nitrogens is 2. The average molecular weight is 242 g/mol. The Labute approximate surface area is 103 Å². The van der Waals surface area contributed by atoms with Crippen LogP contribution in [0.15, 0.2) is 0 Å². The van der Waals surface area contributed by atoms with E-state index in [-0.39, 0.29) is 0 Å². The van der Waals surface area contributed by atoms with Crippen molar-refractivity contribution in [1.29, 1.82) is 0 Å². The van der Waals surface area contributed by atoms with Gasteiger partial charge in [-0.1, -0.05) is 25.4 Å². The molecule has 0 atom stereocenters. The van der Waals surface area contributed by atoms with Crippen LogP contribution < -0.4 is 4.90 Å². The third-order valence-corrected chi connectivity index (χ3v) is 3.09. The zero-order valence-electron chi connectivity index (χ0n) is 10.5. The Morgan fingerprint density at radius 3 is 2.06 bits per heavy atom. The highest BCUT2D eigenvalue weighted by atomic mass is 35.5. The van der Waals surface area contributed by atoms with Crippen molar-refractivity contribution in [3.05, 3.63) is 16.3 Å². The highest BCUT2D eigenvalue weighted by Gasteiger charge is 2.13. The van der Waals surface area contributed by atoms with E-state index in [1.54, 1.807) is 0 Å². The van der Waals surface area contributed by atoms with Crippen LogP contribution in [0, 0.1) is 13.8 Å². The second-order valence-corrected chi connectivity index (χ2v) is 4.41. The molecule has 1 aromatic rings. The molecule has 0 amide bonds. The summed E-state index contributed by atoms with van der Waals surface area (Å²) >= 11 is 5.95. The van der Waals surface area contributed by atoms with Crippen molar-refractivity contribution in [3.63, 3.8) is 0 Å². The summed E-state index contributed by atoms with van der Waals surface area (Å²) < 4.78 is 0. The van der Waals surface area contributed by atoms with E-state index >= 15 is 0 Å². The predicted octanol–water partition coefficient (Wildman–Crippen LogP) is 3.37. The summed E-state index contributed by atoms with van der Waals surface area (Å²) in [6.07, 6.45) is 2.23. The first-order valence-corrected chi connectivity index (χ1v) is 6.23. The van der Waals surface area contributed by atoms with Gasteiger partial charge < -0.3 is 4.90 Å². The minimum atomic E-state index is 0.509. The van der Waals surface area contributed by atoms with Crippen LogP contribution in [-0.4, -0.2) is 23.3 Å². The maximum Gasteiger partial charge on any atom is 0.155 e. The van der Waals surface area contributed by atoms with Crippen molar-refractivity contribution in [1.82, 2.24) is 10.2 Å². The largest absolute Gasteiger partial charge is 0.355 e. The molecule has 0 saturated heterocycles. The summed E-state index contributed by atoms with van der Waals surface area (Å²) in [7, 11) is 0. The zero-order valence-corrected chi connectivity index (χ0v) is 11.3. The lowest BCUT2D eigenvalue weighted by molar-refractivity contribution is 0.721. The van der Waals surface area contributed by atoms with E-state index in [0.717, 1.165) is 42.9 Å². The number of hydrogen-bond donors (Lipinski definition) is 0. The molecule has 1 aromatic heterocycles. The number of halogens is 1. The Morgan fingerprint density at radius 1 is 1.00 bits per heavy atom. The SMILES string of the molecule is CCCN(CCC)c1nnc(Cl)c(C)c1C. The fourth-order valence-corrected chi connectivity index (χ4v) is 1.91. The molecule has 0 bridgehead atoms. The highest BCUT2D eigenvalue weighted by molar-refractivity contribution is 6.30. The maximum absolute atomic E-state index is 5.95. The van der Waals surface area contributed by atoms with E-state index in [0.29, 0.717) is 5.15 Å². The maximum atomic E-state index is 5.95. The Kier molecular flexibility index (Phi) is 5.00. The van der Waals surface area contributed by atoms with Crippen LogP contribution in [0.3, 0.4) is 0 Å². The van der Waals surface area contributed by atoms with Crippen LogP contribution in [0.5, 0.6) is 0 Å². The molecule has 0 N–H and O–H groups in total. The zero-order chi connectivity index (χ0) is 12.1. The Balaban J connectivity index is 3.04. The summed E-state index contributed by atoms with van der Waals surface area (Å²) in [6, 6.07) is 0. The fraction of sp³-hybridized carbons (Fsp3) is 0.667.